The van der Waals surface area contributed by atoms with Gasteiger partial charge in [-0.15, -0.1) is 0 Å². The van der Waals surface area contributed by atoms with Crippen LogP contribution in [-0.4, -0.2) is 55.9 Å². The van der Waals surface area contributed by atoms with Crippen LogP contribution in [0.15, 0.2) is 42.5 Å². The summed E-state index contributed by atoms with van der Waals surface area (Å²) in [6, 6.07) is 13.1. The predicted molar refractivity (Wildman–Crippen MR) is 116 cm³/mol. The molecule has 0 bridgehead atoms. The zero-order chi connectivity index (χ0) is 20.8. The molecule has 2 aromatic carbocycles. The zero-order valence-corrected chi connectivity index (χ0v) is 18.2. The molecular formula is C22H25ClN2O3S. The highest BCUT2D eigenvalue weighted by atomic mass is 35.5. The van der Waals surface area contributed by atoms with E-state index in [1.165, 1.54) is 0 Å². The normalized spacial score (nSPS) is 24.0. The molecule has 2 atom stereocenters. The van der Waals surface area contributed by atoms with Gasteiger partial charge in [0.2, 0.25) is 5.91 Å². The number of anilines is 1. The highest BCUT2D eigenvalue weighted by Gasteiger charge is 2.49. The van der Waals surface area contributed by atoms with Crippen LogP contribution in [-0.2, 0) is 21.1 Å². The maximum atomic E-state index is 13.1. The third-order valence-electron chi connectivity index (χ3n) is 5.79. The number of sulfone groups is 1. The van der Waals surface area contributed by atoms with Gasteiger partial charge in [0.15, 0.2) is 9.84 Å². The summed E-state index contributed by atoms with van der Waals surface area (Å²) in [4.78, 5) is 16.9. The Hall–Kier alpha value is -1.89. The Morgan fingerprint density at radius 2 is 1.62 bits per heavy atom. The number of benzene rings is 2. The number of fused-ring (bicyclic) bond motifs is 1. The van der Waals surface area contributed by atoms with E-state index in [1.54, 1.807) is 4.90 Å². The third-order valence-corrected chi connectivity index (χ3v) is 7.74. The van der Waals surface area contributed by atoms with E-state index in [2.05, 4.69) is 6.07 Å². The van der Waals surface area contributed by atoms with Gasteiger partial charge in [-0.25, -0.2) is 8.42 Å². The molecule has 0 saturated carbocycles. The number of hydrogen-bond donors (Lipinski definition) is 0. The van der Waals surface area contributed by atoms with Crippen molar-refractivity contribution in [3.05, 3.63) is 64.2 Å². The van der Waals surface area contributed by atoms with Crippen LogP contribution >= 0.6 is 11.6 Å². The molecule has 5 nitrogen and oxygen atoms in total. The van der Waals surface area contributed by atoms with Gasteiger partial charge in [-0.2, -0.15) is 0 Å². The molecule has 0 unspecified atom stereocenters. The van der Waals surface area contributed by atoms with E-state index in [1.807, 2.05) is 55.1 Å². The van der Waals surface area contributed by atoms with Crippen LogP contribution < -0.4 is 4.90 Å². The molecule has 0 radical (unpaired) electrons. The van der Waals surface area contributed by atoms with Crippen molar-refractivity contribution >= 4 is 33.0 Å². The summed E-state index contributed by atoms with van der Waals surface area (Å²) in [5.74, 6) is 0.0882. The minimum absolute atomic E-state index is 0.0217. The molecule has 7 heteroatoms. The van der Waals surface area contributed by atoms with Crippen LogP contribution in [0, 0.1) is 13.8 Å². The second-order valence-corrected chi connectivity index (χ2v) is 10.8. The number of nitrogens with zero attached hydrogens (tertiary/aromatic N) is 2. The highest BCUT2D eigenvalue weighted by molar-refractivity contribution is 7.91. The van der Waals surface area contributed by atoms with E-state index < -0.39 is 9.84 Å². The summed E-state index contributed by atoms with van der Waals surface area (Å²) >= 11 is 5.95. The molecule has 2 aromatic rings. The minimum atomic E-state index is -3.19. The number of carbonyl (C=O) groups excluding carboxylic acids is 1. The van der Waals surface area contributed by atoms with Crippen LogP contribution in [0.1, 0.15) is 16.7 Å². The van der Waals surface area contributed by atoms with Gasteiger partial charge in [-0.3, -0.25) is 9.69 Å². The van der Waals surface area contributed by atoms with Gasteiger partial charge in [-0.05, 0) is 61.2 Å². The smallest absolute Gasteiger partial charge is 0.241 e. The zero-order valence-electron chi connectivity index (χ0n) is 16.6. The molecule has 2 heterocycles. The standard InChI is InChI=1S/C22H25ClN2O3S/c1-15-9-16(2)11-19(10-15)25-21-14-29(27,28)13-20(21)24(12-22(25)26)8-7-17-3-5-18(23)6-4-17/h3-6,9-11,20-21H,7-8,12-14H2,1-2H3/t20-,21+/m0/s1. The molecule has 154 valence electrons. The summed E-state index contributed by atoms with van der Waals surface area (Å²) in [5, 5.41) is 0.688. The molecule has 29 heavy (non-hydrogen) atoms. The van der Waals surface area contributed by atoms with Crippen molar-refractivity contribution in [3.8, 4) is 0 Å². The summed E-state index contributed by atoms with van der Waals surface area (Å²) in [7, 11) is -3.19. The first-order valence-corrected chi connectivity index (χ1v) is 12.0. The van der Waals surface area contributed by atoms with E-state index >= 15 is 0 Å². The molecule has 2 aliphatic heterocycles. The molecule has 4 rings (SSSR count). The summed E-state index contributed by atoms with van der Waals surface area (Å²) in [6.07, 6.45) is 0.747. The first kappa shape index (κ1) is 20.4. The van der Waals surface area contributed by atoms with Crippen molar-refractivity contribution in [2.45, 2.75) is 32.4 Å². The van der Waals surface area contributed by atoms with Crippen molar-refractivity contribution in [1.29, 1.82) is 0 Å². The molecule has 0 spiro atoms. The average molecular weight is 433 g/mol. The monoisotopic (exact) mass is 432 g/mol. The lowest BCUT2D eigenvalue weighted by Crippen LogP contribution is -2.62. The fourth-order valence-electron chi connectivity index (χ4n) is 4.55. The van der Waals surface area contributed by atoms with Crippen molar-refractivity contribution < 1.29 is 13.2 Å². The van der Waals surface area contributed by atoms with E-state index in [9.17, 15) is 13.2 Å². The van der Waals surface area contributed by atoms with Gasteiger partial charge in [0.1, 0.15) is 0 Å². The third kappa shape index (κ3) is 4.34. The molecule has 2 fully saturated rings. The quantitative estimate of drug-likeness (QED) is 0.745. The minimum Gasteiger partial charge on any atom is -0.306 e. The van der Waals surface area contributed by atoms with Crippen molar-refractivity contribution in [2.75, 3.05) is 29.5 Å². The van der Waals surface area contributed by atoms with Crippen molar-refractivity contribution in [2.24, 2.45) is 0 Å². The van der Waals surface area contributed by atoms with E-state index in [0.717, 1.165) is 28.8 Å². The number of halogens is 1. The summed E-state index contributed by atoms with van der Waals surface area (Å²) < 4.78 is 25.0. The van der Waals surface area contributed by atoms with Gasteiger partial charge < -0.3 is 4.90 Å². The number of carbonyl (C=O) groups is 1. The number of hydrogen-bond acceptors (Lipinski definition) is 4. The average Bonchev–Trinajstić information content (AvgIpc) is 2.95. The fourth-order valence-corrected chi connectivity index (χ4v) is 6.66. The van der Waals surface area contributed by atoms with Crippen molar-refractivity contribution in [1.82, 2.24) is 4.90 Å². The Labute approximate surface area is 177 Å². The summed E-state index contributed by atoms with van der Waals surface area (Å²) in [6.45, 7) is 4.86. The Morgan fingerprint density at radius 3 is 2.28 bits per heavy atom. The number of aryl methyl sites for hydroxylation is 2. The first-order chi connectivity index (χ1) is 13.7. The van der Waals surface area contributed by atoms with Crippen molar-refractivity contribution in [3.63, 3.8) is 0 Å². The lowest BCUT2D eigenvalue weighted by Gasteiger charge is -2.43. The molecular weight excluding hydrogens is 408 g/mol. The van der Waals surface area contributed by atoms with Crippen LogP contribution in [0.4, 0.5) is 5.69 Å². The number of rotatable bonds is 4. The molecule has 2 saturated heterocycles. The van der Waals surface area contributed by atoms with E-state index in [-0.39, 0.29) is 36.0 Å². The first-order valence-electron chi connectivity index (χ1n) is 9.81. The maximum absolute atomic E-state index is 13.1. The van der Waals surface area contributed by atoms with Crippen LogP contribution in [0.25, 0.3) is 0 Å². The Balaban J connectivity index is 1.60. The second-order valence-electron chi connectivity index (χ2n) is 8.17. The lowest BCUT2D eigenvalue weighted by molar-refractivity contribution is -0.123. The van der Waals surface area contributed by atoms with Gasteiger partial charge in [0.25, 0.3) is 0 Å². The molecule has 0 aliphatic carbocycles. The van der Waals surface area contributed by atoms with Gasteiger partial charge in [0.05, 0.1) is 24.1 Å². The molecule has 1 amide bonds. The summed E-state index contributed by atoms with van der Waals surface area (Å²) in [5.41, 5.74) is 4.05. The number of piperazine rings is 1. The topological polar surface area (TPSA) is 57.7 Å². The van der Waals surface area contributed by atoms with Crippen LogP contribution in [0.3, 0.4) is 0 Å². The maximum Gasteiger partial charge on any atom is 0.241 e. The molecule has 0 N–H and O–H groups in total. The Bertz CT molecular complexity index is 1020. The predicted octanol–water partition coefficient (Wildman–Crippen LogP) is 3.01. The SMILES string of the molecule is Cc1cc(C)cc(N2C(=O)CN(CCc3ccc(Cl)cc3)[C@H]3CS(=O)(=O)C[C@H]32)c1. The molecule has 0 aromatic heterocycles. The van der Waals surface area contributed by atoms with Crippen LogP contribution in [0.2, 0.25) is 5.02 Å². The lowest BCUT2D eigenvalue weighted by atomic mass is 10.0. The van der Waals surface area contributed by atoms with Gasteiger partial charge in [0, 0.05) is 23.3 Å². The fraction of sp³-hybridized carbons (Fsp3) is 0.409. The Kier molecular flexibility index (Phi) is 5.44. The molecule has 2 aliphatic rings. The Morgan fingerprint density at radius 1 is 1.00 bits per heavy atom. The highest BCUT2D eigenvalue weighted by Crippen LogP contribution is 2.32. The van der Waals surface area contributed by atoms with E-state index in [0.29, 0.717) is 11.6 Å². The van der Waals surface area contributed by atoms with Gasteiger partial charge in [-0.1, -0.05) is 29.8 Å². The van der Waals surface area contributed by atoms with E-state index in [4.69, 9.17) is 11.6 Å². The van der Waals surface area contributed by atoms with Crippen LogP contribution in [0.5, 0.6) is 0 Å². The van der Waals surface area contributed by atoms with Gasteiger partial charge >= 0.3 is 0 Å². The largest absolute Gasteiger partial charge is 0.306 e. The second kappa shape index (κ2) is 7.74. The number of amides is 1.